The number of hydrogen-bond acceptors (Lipinski definition) is 2. The summed E-state index contributed by atoms with van der Waals surface area (Å²) >= 11 is 4.46. The predicted molar refractivity (Wildman–Crippen MR) is 93.3 cm³/mol. The van der Waals surface area contributed by atoms with Crippen molar-refractivity contribution in [1.82, 2.24) is 0 Å². The molecule has 0 rings (SSSR count). The van der Waals surface area contributed by atoms with Crippen LogP contribution in [0, 0.1) is 0 Å². The van der Waals surface area contributed by atoms with Gasteiger partial charge in [0.25, 0.3) is 0 Å². The molecule has 0 aliphatic heterocycles. The van der Waals surface area contributed by atoms with Crippen LogP contribution in [-0.2, 0) is 37.0 Å². The maximum Gasteiger partial charge on any atom is 0.141 e. The molecule has 0 fully saturated rings. The maximum atomic E-state index is 10.9. The molecule has 5 heteroatoms. The Morgan fingerprint density at radius 2 is 1.00 bits per heavy atom. The van der Waals surface area contributed by atoms with Gasteiger partial charge in [-0.05, 0) is 6.42 Å². The van der Waals surface area contributed by atoms with Gasteiger partial charge in [0, 0.05) is 34.0 Å². The Bertz CT molecular complexity index is 293. The summed E-state index contributed by atoms with van der Waals surface area (Å²) < 4.78 is 19.8. The van der Waals surface area contributed by atoms with E-state index in [0.29, 0.717) is 5.75 Å². The molecule has 0 aliphatic rings. The van der Waals surface area contributed by atoms with E-state index in [1.807, 2.05) is 0 Å². The third kappa shape index (κ3) is 23.3. The zero-order valence-corrected chi connectivity index (χ0v) is 16.4. The number of hydrogen-bond donors (Lipinski definition) is 1. The minimum Gasteiger partial charge on any atom is -0.306 e. The molecule has 0 aliphatic carbocycles. The number of rotatable bonds is 15. The van der Waals surface area contributed by atoms with Crippen LogP contribution in [0.3, 0.4) is 0 Å². The van der Waals surface area contributed by atoms with E-state index in [0.717, 1.165) is 12.8 Å². The van der Waals surface area contributed by atoms with Gasteiger partial charge in [-0.3, -0.25) is 0 Å². The van der Waals surface area contributed by atoms with Crippen molar-refractivity contribution in [3.63, 3.8) is 0 Å². The van der Waals surface area contributed by atoms with Gasteiger partial charge in [0.1, 0.15) is 8.77 Å². The predicted octanol–water partition coefficient (Wildman–Crippen LogP) is 5.68. The van der Waals surface area contributed by atoms with E-state index in [-0.39, 0.29) is 17.1 Å². The fourth-order valence-corrected chi connectivity index (χ4v) is 3.40. The van der Waals surface area contributed by atoms with Crippen molar-refractivity contribution in [2.45, 2.75) is 96.8 Å². The van der Waals surface area contributed by atoms with E-state index >= 15 is 0 Å². The van der Waals surface area contributed by atoms with Gasteiger partial charge in [-0.25, -0.2) is 4.21 Å². The van der Waals surface area contributed by atoms with Crippen LogP contribution in [0.5, 0.6) is 0 Å². The third-order valence-electron chi connectivity index (χ3n) is 3.76. The fourth-order valence-electron chi connectivity index (χ4n) is 2.48. The number of unbranched alkanes of at least 4 members (excludes halogenated alkanes) is 13. The summed E-state index contributed by atoms with van der Waals surface area (Å²) in [5, 5.41) is 0. The largest absolute Gasteiger partial charge is 0.306 e. The zero-order chi connectivity index (χ0) is 15.1. The Morgan fingerprint density at radius 1 is 0.714 bits per heavy atom. The van der Waals surface area contributed by atoms with E-state index in [9.17, 15) is 4.21 Å². The zero-order valence-electron chi connectivity index (χ0n) is 13.6. The minimum atomic E-state index is -2.91. The van der Waals surface area contributed by atoms with Gasteiger partial charge in [0.05, 0.1) is 0 Å². The molecule has 21 heavy (non-hydrogen) atoms. The molecule has 0 heterocycles. The quantitative estimate of drug-likeness (QED) is 0.294. The SMILES string of the molecule is CCCCCCCCCCCCCCCCS(=O)(O)=S.[Fe]. The summed E-state index contributed by atoms with van der Waals surface area (Å²) in [6, 6.07) is 0. The first-order chi connectivity index (χ1) is 9.56. The van der Waals surface area contributed by atoms with Crippen molar-refractivity contribution in [2.24, 2.45) is 0 Å². The Morgan fingerprint density at radius 3 is 1.29 bits per heavy atom. The summed E-state index contributed by atoms with van der Waals surface area (Å²) in [6.45, 7) is 2.26. The Hall–Kier alpha value is 0.849. The molecule has 0 spiro atoms. The molecule has 0 aromatic carbocycles. The van der Waals surface area contributed by atoms with Crippen LogP contribution in [0.25, 0.3) is 0 Å². The van der Waals surface area contributed by atoms with E-state index in [4.69, 9.17) is 4.55 Å². The molecule has 0 aromatic rings. The van der Waals surface area contributed by atoms with E-state index in [1.54, 1.807) is 0 Å². The molecule has 0 saturated carbocycles. The monoisotopic (exact) mass is 378 g/mol. The third-order valence-corrected chi connectivity index (χ3v) is 5.06. The minimum absolute atomic E-state index is 0. The van der Waals surface area contributed by atoms with Gasteiger partial charge in [0.2, 0.25) is 0 Å². The second kappa shape index (κ2) is 17.2. The molecule has 1 atom stereocenters. The standard InChI is InChI=1S/C16H34O2S2.Fe/c1-2-3-4-5-6-7-8-9-10-11-12-13-14-15-16-20(17,18)19;/h2-16H2,1H3,(H,17,18,19);. The van der Waals surface area contributed by atoms with Gasteiger partial charge in [-0.1, -0.05) is 90.4 Å². The first-order valence-corrected chi connectivity index (χ1v) is 11.1. The van der Waals surface area contributed by atoms with Crippen molar-refractivity contribution < 1.29 is 25.8 Å². The topological polar surface area (TPSA) is 37.3 Å². The van der Waals surface area contributed by atoms with Crippen LogP contribution < -0.4 is 0 Å². The summed E-state index contributed by atoms with van der Waals surface area (Å²) in [7, 11) is -2.91. The smallest absolute Gasteiger partial charge is 0.141 e. The Labute approximate surface area is 148 Å². The molecule has 0 bridgehead atoms. The van der Waals surface area contributed by atoms with Crippen LogP contribution in [0.4, 0.5) is 0 Å². The second-order valence-electron chi connectivity index (χ2n) is 5.88. The molecule has 0 aromatic heterocycles. The van der Waals surface area contributed by atoms with Gasteiger partial charge in [-0.15, -0.1) is 0 Å². The molecule has 0 radical (unpaired) electrons. The Balaban J connectivity index is 0. The van der Waals surface area contributed by atoms with E-state index in [1.165, 1.54) is 77.0 Å². The first-order valence-electron chi connectivity index (χ1n) is 8.51. The molecule has 130 valence electrons. The molecule has 1 unspecified atom stereocenters. The van der Waals surface area contributed by atoms with Crippen LogP contribution in [-0.4, -0.2) is 14.5 Å². The molecule has 2 nitrogen and oxygen atoms in total. The van der Waals surface area contributed by atoms with Crippen LogP contribution in [0.1, 0.15) is 96.8 Å². The summed E-state index contributed by atoms with van der Waals surface area (Å²) in [6.07, 6.45) is 18.1. The van der Waals surface area contributed by atoms with Crippen LogP contribution >= 0.6 is 0 Å². The normalized spacial score (nSPS) is 13.6. The fraction of sp³-hybridized carbons (Fsp3) is 1.00. The summed E-state index contributed by atoms with van der Waals surface area (Å²) in [5.74, 6) is 0.292. The first kappa shape index (κ1) is 24.1. The van der Waals surface area contributed by atoms with Crippen molar-refractivity contribution >= 4 is 20.0 Å². The van der Waals surface area contributed by atoms with Gasteiger partial charge in [0.15, 0.2) is 0 Å². The van der Waals surface area contributed by atoms with Crippen LogP contribution in [0.2, 0.25) is 0 Å². The van der Waals surface area contributed by atoms with Gasteiger partial charge in [-0.2, -0.15) is 0 Å². The summed E-state index contributed by atoms with van der Waals surface area (Å²) in [5.41, 5.74) is 0. The maximum absolute atomic E-state index is 10.9. The molecular formula is C16H34FeO2S2. The second-order valence-corrected chi connectivity index (χ2v) is 9.02. The van der Waals surface area contributed by atoms with Gasteiger partial charge < -0.3 is 4.55 Å². The molecular weight excluding hydrogens is 344 g/mol. The Kier molecular flexibility index (Phi) is 19.8. The average molecular weight is 378 g/mol. The molecule has 1 N–H and O–H groups in total. The molecule has 0 saturated heterocycles. The van der Waals surface area contributed by atoms with Crippen molar-refractivity contribution in [3.05, 3.63) is 0 Å². The van der Waals surface area contributed by atoms with Crippen molar-refractivity contribution in [2.75, 3.05) is 5.75 Å². The van der Waals surface area contributed by atoms with Gasteiger partial charge >= 0.3 is 0 Å². The van der Waals surface area contributed by atoms with E-state index in [2.05, 4.69) is 18.1 Å². The van der Waals surface area contributed by atoms with Crippen LogP contribution in [0.15, 0.2) is 0 Å². The average Bonchev–Trinajstić information content (AvgIpc) is 2.38. The summed E-state index contributed by atoms with van der Waals surface area (Å²) in [4.78, 5) is 0. The van der Waals surface area contributed by atoms with Crippen molar-refractivity contribution in [3.8, 4) is 0 Å². The van der Waals surface area contributed by atoms with E-state index < -0.39 is 8.77 Å². The molecule has 0 amide bonds. The van der Waals surface area contributed by atoms with Crippen molar-refractivity contribution in [1.29, 1.82) is 0 Å².